The maximum Gasteiger partial charge on any atom is 0.302 e. The molecule has 4 heteroatoms. The second kappa shape index (κ2) is 3.87. The molecule has 0 N–H and O–H groups in total. The number of carbonyl (C=O) groups excluding carboxylic acids is 1. The number of hydrogen-bond donors (Lipinski definition) is 0. The summed E-state index contributed by atoms with van der Waals surface area (Å²) in [6.07, 6.45) is -0.401. The summed E-state index contributed by atoms with van der Waals surface area (Å²) in [6.45, 7) is 3.76. The summed E-state index contributed by atoms with van der Waals surface area (Å²) in [7, 11) is 1.58. The topological polar surface area (TPSA) is 44.8 Å². The number of hydrogen-bond acceptors (Lipinski definition) is 4. The van der Waals surface area contributed by atoms with Crippen molar-refractivity contribution in [2.45, 2.75) is 26.2 Å². The molecule has 0 aromatic heterocycles. The predicted molar refractivity (Wildman–Crippen MR) is 41.5 cm³/mol. The predicted octanol–water partition coefficient (Wildman–Crippen LogP) is 0.557. The van der Waals surface area contributed by atoms with Crippen LogP contribution in [0, 0.1) is 5.92 Å². The van der Waals surface area contributed by atoms with Crippen LogP contribution in [-0.4, -0.2) is 32.1 Å². The molecular formula is C8H14O4. The van der Waals surface area contributed by atoms with E-state index in [0.717, 1.165) is 0 Å². The zero-order chi connectivity index (χ0) is 9.14. The van der Waals surface area contributed by atoms with Gasteiger partial charge in [-0.25, -0.2) is 0 Å². The van der Waals surface area contributed by atoms with E-state index in [-0.39, 0.29) is 24.3 Å². The van der Waals surface area contributed by atoms with Gasteiger partial charge in [0.25, 0.3) is 0 Å². The summed E-state index contributed by atoms with van der Waals surface area (Å²) in [4.78, 5) is 10.6. The van der Waals surface area contributed by atoms with Crippen LogP contribution in [0.2, 0.25) is 0 Å². The normalized spacial score (nSPS) is 35.1. The average Bonchev–Trinajstić information content (AvgIpc) is 2.32. The van der Waals surface area contributed by atoms with E-state index in [2.05, 4.69) is 0 Å². The molecule has 0 saturated carbocycles. The zero-order valence-corrected chi connectivity index (χ0v) is 7.57. The Morgan fingerprint density at radius 2 is 2.25 bits per heavy atom. The van der Waals surface area contributed by atoms with E-state index < -0.39 is 0 Å². The van der Waals surface area contributed by atoms with Crippen molar-refractivity contribution in [2.75, 3.05) is 13.7 Å². The lowest BCUT2D eigenvalue weighted by molar-refractivity contribution is -0.147. The molecule has 0 aliphatic carbocycles. The molecule has 12 heavy (non-hydrogen) atoms. The van der Waals surface area contributed by atoms with Crippen molar-refractivity contribution in [1.82, 2.24) is 0 Å². The average molecular weight is 174 g/mol. The van der Waals surface area contributed by atoms with Gasteiger partial charge in [-0.15, -0.1) is 0 Å². The molecule has 1 heterocycles. The first-order chi connectivity index (χ1) is 5.65. The first kappa shape index (κ1) is 9.48. The van der Waals surface area contributed by atoms with Crippen LogP contribution in [0.25, 0.3) is 0 Å². The quantitative estimate of drug-likeness (QED) is 0.574. The van der Waals surface area contributed by atoms with Gasteiger partial charge in [0.1, 0.15) is 6.10 Å². The van der Waals surface area contributed by atoms with Crippen molar-refractivity contribution >= 4 is 5.97 Å². The Morgan fingerprint density at radius 3 is 2.67 bits per heavy atom. The van der Waals surface area contributed by atoms with Crippen molar-refractivity contribution in [1.29, 1.82) is 0 Å². The molecular weight excluding hydrogens is 160 g/mol. The maximum absolute atomic E-state index is 10.6. The van der Waals surface area contributed by atoms with Crippen LogP contribution in [0.15, 0.2) is 0 Å². The number of carbonyl (C=O) groups is 1. The molecule has 1 saturated heterocycles. The highest BCUT2D eigenvalue weighted by molar-refractivity contribution is 5.66. The van der Waals surface area contributed by atoms with E-state index in [0.29, 0.717) is 6.61 Å². The van der Waals surface area contributed by atoms with Crippen LogP contribution < -0.4 is 0 Å². The molecule has 0 spiro atoms. The summed E-state index contributed by atoms with van der Waals surface area (Å²) in [5, 5.41) is 0. The zero-order valence-electron chi connectivity index (χ0n) is 7.57. The van der Waals surface area contributed by atoms with Gasteiger partial charge in [0.2, 0.25) is 0 Å². The van der Waals surface area contributed by atoms with Crippen molar-refractivity contribution in [3.63, 3.8) is 0 Å². The smallest absolute Gasteiger partial charge is 0.302 e. The molecule has 70 valence electrons. The summed E-state index contributed by atoms with van der Waals surface area (Å²) in [6, 6.07) is 0. The monoisotopic (exact) mass is 174 g/mol. The van der Waals surface area contributed by atoms with Gasteiger partial charge in [0, 0.05) is 20.0 Å². The van der Waals surface area contributed by atoms with Gasteiger partial charge < -0.3 is 14.2 Å². The third-order valence-corrected chi connectivity index (χ3v) is 1.99. The van der Waals surface area contributed by atoms with Gasteiger partial charge in [0.05, 0.1) is 6.61 Å². The van der Waals surface area contributed by atoms with E-state index >= 15 is 0 Å². The highest BCUT2D eigenvalue weighted by Crippen LogP contribution is 2.23. The Bertz CT molecular complexity index is 168. The second-order valence-electron chi connectivity index (χ2n) is 2.94. The molecule has 0 unspecified atom stereocenters. The third kappa shape index (κ3) is 1.95. The summed E-state index contributed by atoms with van der Waals surface area (Å²) >= 11 is 0. The Labute approximate surface area is 71.8 Å². The fourth-order valence-corrected chi connectivity index (χ4v) is 1.31. The highest BCUT2D eigenvalue weighted by atomic mass is 16.7. The van der Waals surface area contributed by atoms with Crippen LogP contribution >= 0.6 is 0 Å². The molecule has 0 bridgehead atoms. The minimum Gasteiger partial charge on any atom is -0.460 e. The number of ether oxygens (including phenoxy) is 3. The SMILES string of the molecule is CO[C@@H]1OC[C@H](OC(C)=O)[C@H]1C. The Kier molecular flexibility index (Phi) is 3.05. The van der Waals surface area contributed by atoms with Crippen LogP contribution in [-0.2, 0) is 19.0 Å². The van der Waals surface area contributed by atoms with Crippen molar-refractivity contribution in [2.24, 2.45) is 5.92 Å². The Balaban J connectivity index is 2.43. The molecule has 0 aromatic carbocycles. The van der Waals surface area contributed by atoms with E-state index in [4.69, 9.17) is 14.2 Å². The summed E-state index contributed by atoms with van der Waals surface area (Å²) in [5.74, 6) is -0.161. The van der Waals surface area contributed by atoms with Gasteiger partial charge in [-0.2, -0.15) is 0 Å². The minimum atomic E-state index is -0.271. The van der Waals surface area contributed by atoms with Crippen LogP contribution in [0.3, 0.4) is 0 Å². The van der Waals surface area contributed by atoms with Gasteiger partial charge in [-0.05, 0) is 0 Å². The van der Waals surface area contributed by atoms with Crippen LogP contribution in [0.1, 0.15) is 13.8 Å². The first-order valence-electron chi connectivity index (χ1n) is 3.96. The van der Waals surface area contributed by atoms with E-state index in [9.17, 15) is 4.79 Å². The number of rotatable bonds is 2. The molecule has 0 radical (unpaired) electrons. The van der Waals surface area contributed by atoms with Crippen LogP contribution in [0.4, 0.5) is 0 Å². The molecule has 1 aliphatic rings. The van der Waals surface area contributed by atoms with Gasteiger partial charge in [-0.3, -0.25) is 4.79 Å². The lowest BCUT2D eigenvalue weighted by atomic mass is 10.1. The van der Waals surface area contributed by atoms with Crippen molar-refractivity contribution < 1.29 is 19.0 Å². The first-order valence-corrected chi connectivity index (χ1v) is 3.96. The fraction of sp³-hybridized carbons (Fsp3) is 0.875. The number of esters is 1. The minimum absolute atomic E-state index is 0.110. The van der Waals surface area contributed by atoms with E-state index in [1.807, 2.05) is 6.92 Å². The maximum atomic E-state index is 10.6. The molecule has 1 fully saturated rings. The van der Waals surface area contributed by atoms with Gasteiger partial charge in [-0.1, -0.05) is 6.92 Å². The fourth-order valence-electron chi connectivity index (χ4n) is 1.31. The molecule has 0 amide bonds. The Hall–Kier alpha value is -0.610. The third-order valence-electron chi connectivity index (χ3n) is 1.99. The van der Waals surface area contributed by atoms with Crippen LogP contribution in [0.5, 0.6) is 0 Å². The van der Waals surface area contributed by atoms with Gasteiger partial charge in [0.15, 0.2) is 6.29 Å². The van der Waals surface area contributed by atoms with Crippen molar-refractivity contribution in [3.05, 3.63) is 0 Å². The molecule has 0 aromatic rings. The van der Waals surface area contributed by atoms with E-state index in [1.54, 1.807) is 7.11 Å². The standard InChI is InChI=1S/C8H14O4/c1-5-7(12-6(2)9)4-11-8(5)10-3/h5,7-8H,4H2,1-3H3/t5-,7+,8-/m1/s1. The molecule has 1 aliphatic heterocycles. The molecule has 1 rings (SSSR count). The van der Waals surface area contributed by atoms with Gasteiger partial charge >= 0.3 is 5.97 Å². The molecule has 3 atom stereocenters. The largest absolute Gasteiger partial charge is 0.460 e. The summed E-state index contributed by atoms with van der Waals surface area (Å²) in [5.41, 5.74) is 0. The molecule has 4 nitrogen and oxygen atoms in total. The number of methoxy groups -OCH3 is 1. The lowest BCUT2D eigenvalue weighted by Crippen LogP contribution is -2.26. The Morgan fingerprint density at radius 1 is 1.58 bits per heavy atom. The second-order valence-corrected chi connectivity index (χ2v) is 2.94. The highest BCUT2D eigenvalue weighted by Gasteiger charge is 2.35. The van der Waals surface area contributed by atoms with E-state index in [1.165, 1.54) is 6.92 Å². The summed E-state index contributed by atoms with van der Waals surface area (Å²) < 4.78 is 15.3. The lowest BCUT2D eigenvalue weighted by Gasteiger charge is -2.16. The van der Waals surface area contributed by atoms with Crippen molar-refractivity contribution in [3.8, 4) is 0 Å².